The Morgan fingerprint density at radius 2 is 1.93 bits per heavy atom. The molecule has 2 bridgehead atoms. The van der Waals surface area contributed by atoms with Crippen LogP contribution in [0.5, 0.6) is 0 Å². The van der Waals surface area contributed by atoms with Gasteiger partial charge in [-0.1, -0.05) is 16.9 Å². The highest BCUT2D eigenvalue weighted by Crippen LogP contribution is 2.34. The maximum atomic E-state index is 12.5. The molecule has 3 saturated heterocycles. The average molecular weight is 397 g/mol. The van der Waals surface area contributed by atoms with Gasteiger partial charge in [-0.3, -0.25) is 4.79 Å². The van der Waals surface area contributed by atoms with Crippen molar-refractivity contribution in [1.29, 1.82) is 0 Å². The van der Waals surface area contributed by atoms with Crippen molar-refractivity contribution in [2.45, 2.75) is 35.0 Å². The van der Waals surface area contributed by atoms with Crippen LogP contribution in [0.4, 0.5) is 13.2 Å². The number of amides is 1. The lowest BCUT2D eigenvalue weighted by Gasteiger charge is -2.44. The van der Waals surface area contributed by atoms with Crippen molar-refractivity contribution in [3.63, 3.8) is 0 Å². The fourth-order valence-corrected chi connectivity index (χ4v) is 4.37. The lowest BCUT2D eigenvalue weighted by molar-refractivity contribution is -0.155. The van der Waals surface area contributed by atoms with Gasteiger partial charge in [-0.25, -0.2) is 0 Å². The molecule has 0 saturated carbocycles. The molecule has 5 nitrogen and oxygen atoms in total. The zero-order valence-electron chi connectivity index (χ0n) is 14.3. The normalized spacial score (nSPS) is 24.8. The van der Waals surface area contributed by atoms with Crippen LogP contribution in [0, 0.1) is 5.92 Å². The summed E-state index contributed by atoms with van der Waals surface area (Å²) in [6.45, 7) is 3.13. The first-order valence-electron chi connectivity index (χ1n) is 8.73. The summed E-state index contributed by atoms with van der Waals surface area (Å²) in [5, 5.41) is 6.65. The molecule has 1 amide bonds. The minimum absolute atomic E-state index is 0.117. The Balaban J connectivity index is 1.37. The molecular formula is C18H18F3N3O2S. The third-order valence-corrected chi connectivity index (χ3v) is 5.99. The predicted octanol–water partition coefficient (Wildman–Crippen LogP) is 3.67. The second-order valence-electron chi connectivity index (χ2n) is 6.87. The fourth-order valence-electron chi connectivity index (χ4n) is 3.62. The van der Waals surface area contributed by atoms with Crippen molar-refractivity contribution in [3.05, 3.63) is 41.7 Å². The SMILES string of the molecule is O=C(N[C@H]1CN2CCC1CC2)c1ccc(Sc2cc(C(F)(F)F)on2)cc1. The Bertz CT molecular complexity index is 814. The number of rotatable bonds is 4. The van der Waals surface area contributed by atoms with E-state index in [-0.39, 0.29) is 17.0 Å². The number of alkyl halides is 3. The summed E-state index contributed by atoms with van der Waals surface area (Å²) in [4.78, 5) is 15.5. The zero-order chi connectivity index (χ0) is 19.0. The van der Waals surface area contributed by atoms with Gasteiger partial charge in [-0.15, -0.1) is 0 Å². The second kappa shape index (κ2) is 7.20. The Morgan fingerprint density at radius 1 is 1.22 bits per heavy atom. The molecule has 5 rings (SSSR count). The molecule has 27 heavy (non-hydrogen) atoms. The maximum Gasteiger partial charge on any atom is 0.452 e. The van der Waals surface area contributed by atoms with Crippen molar-refractivity contribution in [1.82, 2.24) is 15.4 Å². The molecule has 0 spiro atoms. The van der Waals surface area contributed by atoms with Crippen molar-refractivity contribution >= 4 is 17.7 Å². The second-order valence-corrected chi connectivity index (χ2v) is 7.97. The standard InChI is InChI=1S/C18H18F3N3O2S/c19-18(20,21)15-9-16(23-26-15)27-13-3-1-12(2-4-13)17(25)22-14-10-24-7-5-11(14)6-8-24/h1-4,9,11,14H,5-8,10H2,(H,22,25)/t14-/m0/s1. The van der Waals surface area contributed by atoms with E-state index in [9.17, 15) is 18.0 Å². The number of halogens is 3. The van der Waals surface area contributed by atoms with Gasteiger partial charge in [-0.05, 0) is 56.1 Å². The van der Waals surface area contributed by atoms with Gasteiger partial charge in [0.25, 0.3) is 5.91 Å². The summed E-state index contributed by atoms with van der Waals surface area (Å²) < 4.78 is 41.9. The van der Waals surface area contributed by atoms with Gasteiger partial charge in [0.15, 0.2) is 0 Å². The number of carbonyl (C=O) groups is 1. The number of carbonyl (C=O) groups excluding carboxylic acids is 1. The van der Waals surface area contributed by atoms with Gasteiger partial charge >= 0.3 is 6.18 Å². The number of nitrogens with one attached hydrogen (secondary N) is 1. The number of hydrogen-bond acceptors (Lipinski definition) is 5. The summed E-state index contributed by atoms with van der Waals surface area (Å²) in [6.07, 6.45) is -2.31. The van der Waals surface area contributed by atoms with Crippen LogP contribution in [-0.2, 0) is 6.18 Å². The number of hydrogen-bond donors (Lipinski definition) is 1. The van der Waals surface area contributed by atoms with Crippen LogP contribution < -0.4 is 5.32 Å². The molecule has 9 heteroatoms. The number of piperidine rings is 3. The van der Waals surface area contributed by atoms with Crippen LogP contribution in [0.1, 0.15) is 29.0 Å². The molecule has 4 heterocycles. The summed E-state index contributed by atoms with van der Waals surface area (Å²) >= 11 is 1.05. The van der Waals surface area contributed by atoms with Gasteiger partial charge in [0.1, 0.15) is 5.03 Å². The van der Waals surface area contributed by atoms with E-state index in [1.807, 2.05) is 0 Å². The lowest BCUT2D eigenvalue weighted by Crippen LogP contribution is -2.57. The fraction of sp³-hybridized carbons (Fsp3) is 0.444. The van der Waals surface area contributed by atoms with Gasteiger partial charge in [0, 0.05) is 29.1 Å². The smallest absolute Gasteiger partial charge is 0.350 e. The Hall–Kier alpha value is -2.00. The van der Waals surface area contributed by atoms with Crippen LogP contribution in [0.2, 0.25) is 0 Å². The molecule has 3 aliphatic rings. The number of benzene rings is 1. The topological polar surface area (TPSA) is 58.4 Å². The van der Waals surface area contributed by atoms with E-state index in [0.717, 1.165) is 50.3 Å². The minimum atomic E-state index is -4.55. The van der Waals surface area contributed by atoms with E-state index < -0.39 is 11.9 Å². The van der Waals surface area contributed by atoms with E-state index in [4.69, 9.17) is 0 Å². The molecule has 1 atom stereocenters. The summed E-state index contributed by atoms with van der Waals surface area (Å²) in [5.74, 6) is -0.701. The first-order chi connectivity index (χ1) is 12.9. The van der Waals surface area contributed by atoms with Crippen LogP contribution in [0.25, 0.3) is 0 Å². The van der Waals surface area contributed by atoms with E-state index in [0.29, 0.717) is 16.4 Å². The van der Waals surface area contributed by atoms with E-state index in [2.05, 4.69) is 19.9 Å². The third-order valence-electron chi connectivity index (χ3n) is 5.08. The van der Waals surface area contributed by atoms with E-state index in [1.165, 1.54) is 0 Å². The summed E-state index contributed by atoms with van der Waals surface area (Å²) in [6, 6.07) is 7.77. The first kappa shape index (κ1) is 18.4. The quantitative estimate of drug-likeness (QED) is 0.853. The highest BCUT2D eigenvalue weighted by Gasteiger charge is 2.36. The molecule has 144 valence electrons. The van der Waals surface area contributed by atoms with Crippen LogP contribution >= 0.6 is 11.8 Å². The number of fused-ring (bicyclic) bond motifs is 3. The van der Waals surface area contributed by atoms with Crippen LogP contribution in [0.3, 0.4) is 0 Å². The molecule has 0 unspecified atom stereocenters. The van der Waals surface area contributed by atoms with Crippen molar-refractivity contribution in [3.8, 4) is 0 Å². The number of nitrogens with zero attached hydrogens (tertiary/aromatic N) is 2. The maximum absolute atomic E-state index is 12.5. The third kappa shape index (κ3) is 4.14. The Labute approximate surface area is 158 Å². The average Bonchev–Trinajstić information content (AvgIpc) is 3.12. The predicted molar refractivity (Wildman–Crippen MR) is 92.5 cm³/mol. The first-order valence-corrected chi connectivity index (χ1v) is 9.55. The zero-order valence-corrected chi connectivity index (χ0v) is 15.1. The largest absolute Gasteiger partial charge is 0.452 e. The molecule has 3 fully saturated rings. The Morgan fingerprint density at radius 3 is 2.48 bits per heavy atom. The lowest BCUT2D eigenvalue weighted by atomic mass is 9.84. The van der Waals surface area contributed by atoms with Gasteiger partial charge < -0.3 is 14.7 Å². The molecule has 1 aromatic heterocycles. The molecule has 2 aromatic rings. The molecular weight excluding hydrogens is 379 g/mol. The summed E-state index contributed by atoms with van der Waals surface area (Å²) in [5.41, 5.74) is 0.534. The van der Waals surface area contributed by atoms with Crippen molar-refractivity contribution in [2.24, 2.45) is 5.92 Å². The highest BCUT2D eigenvalue weighted by atomic mass is 32.2. The van der Waals surface area contributed by atoms with Gasteiger partial charge in [-0.2, -0.15) is 13.2 Å². The van der Waals surface area contributed by atoms with E-state index in [1.54, 1.807) is 24.3 Å². The molecule has 0 aliphatic carbocycles. The van der Waals surface area contributed by atoms with Crippen molar-refractivity contribution in [2.75, 3.05) is 19.6 Å². The van der Waals surface area contributed by atoms with Crippen LogP contribution in [0.15, 0.2) is 44.8 Å². The van der Waals surface area contributed by atoms with Crippen molar-refractivity contribution < 1.29 is 22.5 Å². The van der Waals surface area contributed by atoms with Gasteiger partial charge in [0.05, 0.1) is 0 Å². The van der Waals surface area contributed by atoms with E-state index >= 15 is 0 Å². The molecule has 1 N–H and O–H groups in total. The highest BCUT2D eigenvalue weighted by molar-refractivity contribution is 7.99. The number of aromatic nitrogens is 1. The molecule has 0 radical (unpaired) electrons. The molecule has 1 aromatic carbocycles. The Kier molecular flexibility index (Phi) is 4.90. The van der Waals surface area contributed by atoms with Gasteiger partial charge in [0.2, 0.25) is 5.76 Å². The van der Waals surface area contributed by atoms with Crippen LogP contribution in [-0.4, -0.2) is 41.6 Å². The monoisotopic (exact) mass is 397 g/mol. The summed E-state index contributed by atoms with van der Waals surface area (Å²) in [7, 11) is 0. The molecule has 3 aliphatic heterocycles. The minimum Gasteiger partial charge on any atom is -0.350 e.